The maximum atomic E-state index is 14.0. The number of benzene rings is 2. The van der Waals surface area contributed by atoms with E-state index in [-0.39, 0.29) is 11.1 Å². The van der Waals surface area contributed by atoms with Gasteiger partial charge >= 0.3 is 0 Å². The second kappa shape index (κ2) is 4.98. The molecule has 0 aromatic heterocycles. The molecule has 1 aliphatic heterocycles. The topological polar surface area (TPSA) is 26.3 Å². The van der Waals surface area contributed by atoms with Gasteiger partial charge in [-0.1, -0.05) is 18.2 Å². The number of rotatable bonds is 2. The van der Waals surface area contributed by atoms with Crippen molar-refractivity contribution in [1.29, 1.82) is 0 Å². The van der Waals surface area contributed by atoms with Gasteiger partial charge in [0.2, 0.25) is 0 Å². The zero-order chi connectivity index (χ0) is 14.3. The predicted octanol–water partition coefficient (Wildman–Crippen LogP) is 4.09. The number of carbonyl (C=O) groups is 1. The Morgan fingerprint density at radius 2 is 1.95 bits per heavy atom. The summed E-state index contributed by atoms with van der Waals surface area (Å²) >= 11 is 2.96. The van der Waals surface area contributed by atoms with E-state index in [9.17, 15) is 13.6 Å². The molecule has 1 atom stereocenters. The van der Waals surface area contributed by atoms with E-state index >= 15 is 0 Å². The van der Waals surface area contributed by atoms with Gasteiger partial charge in [0.05, 0.1) is 16.0 Å². The number of hydrogen-bond donors (Lipinski definition) is 0. The number of hydrogen-bond acceptors (Lipinski definition) is 2. The minimum absolute atomic E-state index is 0.0643. The summed E-state index contributed by atoms with van der Waals surface area (Å²) in [6.45, 7) is 0.101. The second-order valence-corrected chi connectivity index (χ2v) is 5.34. The number of para-hydroxylation sites is 1. The first kappa shape index (κ1) is 13.2. The molecule has 0 saturated carbocycles. The van der Waals surface area contributed by atoms with Crippen LogP contribution < -0.4 is 4.74 Å². The quantitative estimate of drug-likeness (QED) is 0.609. The largest absolute Gasteiger partial charge is 0.492 e. The number of carbonyl (C=O) groups excluding carboxylic acids is 1. The fourth-order valence-electron chi connectivity index (χ4n) is 2.31. The van der Waals surface area contributed by atoms with Gasteiger partial charge in [0.25, 0.3) is 0 Å². The Kier molecular flexibility index (Phi) is 3.30. The Morgan fingerprint density at radius 3 is 2.75 bits per heavy atom. The van der Waals surface area contributed by atoms with Crippen molar-refractivity contribution in [2.24, 2.45) is 0 Å². The molecule has 0 N–H and O–H groups in total. The van der Waals surface area contributed by atoms with Crippen LogP contribution in [-0.4, -0.2) is 12.4 Å². The third-order valence-corrected chi connectivity index (χ3v) is 3.92. The van der Waals surface area contributed by atoms with Crippen molar-refractivity contribution in [1.82, 2.24) is 0 Å². The molecule has 3 rings (SSSR count). The van der Waals surface area contributed by atoms with Crippen molar-refractivity contribution in [2.75, 3.05) is 6.61 Å². The normalized spacial score (nSPS) is 16.6. The molecule has 0 bridgehead atoms. The standard InChI is InChI=1S/C15H9BrF2O2/c16-10-5-6-11(17)13(14(10)18)15(19)9-7-20-12-4-2-1-3-8(9)12/h1-6,9H,7H2. The summed E-state index contributed by atoms with van der Waals surface area (Å²) in [4.78, 5) is 12.4. The lowest BCUT2D eigenvalue weighted by atomic mass is 9.92. The molecule has 0 radical (unpaired) electrons. The van der Waals surface area contributed by atoms with E-state index in [0.29, 0.717) is 11.3 Å². The van der Waals surface area contributed by atoms with Crippen LogP contribution in [0.5, 0.6) is 5.75 Å². The van der Waals surface area contributed by atoms with Gasteiger partial charge in [-0.2, -0.15) is 0 Å². The molecular weight excluding hydrogens is 330 g/mol. The van der Waals surface area contributed by atoms with Gasteiger partial charge in [0.1, 0.15) is 18.2 Å². The highest BCUT2D eigenvalue weighted by atomic mass is 79.9. The number of halogens is 3. The van der Waals surface area contributed by atoms with E-state index in [0.717, 1.165) is 6.07 Å². The SMILES string of the molecule is O=C(c1c(F)ccc(Br)c1F)C1COc2ccccc21. The van der Waals surface area contributed by atoms with Gasteiger partial charge < -0.3 is 4.74 Å². The first-order valence-electron chi connectivity index (χ1n) is 5.99. The van der Waals surface area contributed by atoms with Gasteiger partial charge in [-0.05, 0) is 34.1 Å². The monoisotopic (exact) mass is 338 g/mol. The molecule has 5 heteroatoms. The molecule has 20 heavy (non-hydrogen) atoms. The highest BCUT2D eigenvalue weighted by Gasteiger charge is 2.34. The Labute approximate surface area is 122 Å². The molecule has 0 spiro atoms. The van der Waals surface area contributed by atoms with E-state index in [1.165, 1.54) is 6.07 Å². The molecule has 0 amide bonds. The molecule has 0 saturated heterocycles. The predicted molar refractivity (Wildman–Crippen MR) is 73.1 cm³/mol. The lowest BCUT2D eigenvalue weighted by molar-refractivity contribution is 0.0939. The lowest BCUT2D eigenvalue weighted by Gasteiger charge is -2.10. The highest BCUT2D eigenvalue weighted by molar-refractivity contribution is 9.10. The van der Waals surface area contributed by atoms with Crippen LogP contribution in [0.1, 0.15) is 21.8 Å². The minimum atomic E-state index is -0.876. The Bertz CT molecular complexity index is 700. The van der Waals surface area contributed by atoms with Crippen LogP contribution in [0.25, 0.3) is 0 Å². The van der Waals surface area contributed by atoms with E-state index in [1.54, 1.807) is 24.3 Å². The minimum Gasteiger partial charge on any atom is -0.492 e. The Balaban J connectivity index is 2.06. The summed E-state index contributed by atoms with van der Waals surface area (Å²) in [5.74, 6) is -2.43. The molecule has 1 aliphatic rings. The molecule has 0 fully saturated rings. The summed E-state index contributed by atoms with van der Waals surface area (Å²) in [6, 6.07) is 9.32. The van der Waals surface area contributed by atoms with Crippen LogP contribution in [0.3, 0.4) is 0 Å². The second-order valence-electron chi connectivity index (χ2n) is 4.48. The van der Waals surface area contributed by atoms with E-state index in [2.05, 4.69) is 15.9 Å². The zero-order valence-corrected chi connectivity index (χ0v) is 11.8. The van der Waals surface area contributed by atoms with Crippen LogP contribution in [-0.2, 0) is 0 Å². The summed E-state index contributed by atoms with van der Waals surface area (Å²) < 4.78 is 33.2. The molecule has 2 nitrogen and oxygen atoms in total. The molecular formula is C15H9BrF2O2. The van der Waals surface area contributed by atoms with E-state index in [1.807, 2.05) is 0 Å². The average molecular weight is 339 g/mol. The van der Waals surface area contributed by atoms with Crippen molar-refractivity contribution in [2.45, 2.75) is 5.92 Å². The number of ketones is 1. The first-order valence-corrected chi connectivity index (χ1v) is 6.78. The highest BCUT2D eigenvalue weighted by Crippen LogP contribution is 2.37. The van der Waals surface area contributed by atoms with Gasteiger partial charge in [0.15, 0.2) is 11.6 Å². The third kappa shape index (κ3) is 2.02. The first-order chi connectivity index (χ1) is 9.59. The van der Waals surface area contributed by atoms with Gasteiger partial charge in [-0.15, -0.1) is 0 Å². The summed E-state index contributed by atoms with van der Waals surface area (Å²) in [7, 11) is 0. The molecule has 102 valence electrons. The van der Waals surface area contributed by atoms with Gasteiger partial charge in [0, 0.05) is 5.56 Å². The Hall–Kier alpha value is -1.75. The van der Waals surface area contributed by atoms with Crippen LogP contribution >= 0.6 is 15.9 Å². The van der Waals surface area contributed by atoms with Gasteiger partial charge in [-0.25, -0.2) is 8.78 Å². The molecule has 1 heterocycles. The third-order valence-electron chi connectivity index (χ3n) is 3.31. The van der Waals surface area contributed by atoms with Crippen molar-refractivity contribution < 1.29 is 18.3 Å². The van der Waals surface area contributed by atoms with E-state index in [4.69, 9.17) is 4.74 Å². The summed E-state index contributed by atoms with van der Waals surface area (Å²) in [5.41, 5.74) is 0.140. The van der Waals surface area contributed by atoms with Crippen molar-refractivity contribution in [3.63, 3.8) is 0 Å². The number of fused-ring (bicyclic) bond motifs is 1. The number of ether oxygens (including phenoxy) is 1. The van der Waals surface area contributed by atoms with Crippen molar-refractivity contribution in [3.05, 3.63) is 63.6 Å². The molecule has 2 aromatic rings. The van der Waals surface area contributed by atoms with Crippen LogP contribution in [0.4, 0.5) is 8.78 Å². The summed E-state index contributed by atoms with van der Waals surface area (Å²) in [6.07, 6.45) is 0. The molecule has 2 aromatic carbocycles. The zero-order valence-electron chi connectivity index (χ0n) is 10.2. The summed E-state index contributed by atoms with van der Waals surface area (Å²) in [5, 5.41) is 0. The average Bonchev–Trinajstić information content (AvgIpc) is 2.87. The Morgan fingerprint density at radius 1 is 1.20 bits per heavy atom. The van der Waals surface area contributed by atoms with Gasteiger partial charge in [-0.3, -0.25) is 4.79 Å². The fourth-order valence-corrected chi connectivity index (χ4v) is 2.64. The maximum absolute atomic E-state index is 14.0. The lowest BCUT2D eigenvalue weighted by Crippen LogP contribution is -2.17. The van der Waals surface area contributed by atoms with Crippen LogP contribution in [0.15, 0.2) is 40.9 Å². The van der Waals surface area contributed by atoms with Crippen LogP contribution in [0.2, 0.25) is 0 Å². The smallest absolute Gasteiger partial charge is 0.179 e. The van der Waals surface area contributed by atoms with Crippen molar-refractivity contribution >= 4 is 21.7 Å². The van der Waals surface area contributed by atoms with Crippen LogP contribution in [0, 0.1) is 11.6 Å². The fraction of sp³-hybridized carbons (Fsp3) is 0.133. The van der Waals surface area contributed by atoms with E-state index < -0.39 is 28.9 Å². The molecule has 0 aliphatic carbocycles. The van der Waals surface area contributed by atoms with Crippen molar-refractivity contribution in [3.8, 4) is 5.75 Å². The number of Topliss-reactive ketones (excluding diaryl/α,β-unsaturated/α-hetero) is 1. The molecule has 1 unspecified atom stereocenters. The maximum Gasteiger partial charge on any atom is 0.179 e.